The first-order chi connectivity index (χ1) is 9.72. The maximum Gasteiger partial charge on any atom is 0.140 e. The lowest BCUT2D eigenvalue weighted by Crippen LogP contribution is -2.08. The molecule has 1 atom stereocenters. The largest absolute Gasteiger partial charge is 0.494 e. The molecular formula is C16H15BrN2O. The molecule has 0 aliphatic rings. The second kappa shape index (κ2) is 6.97. The number of rotatable bonds is 5. The van der Waals surface area contributed by atoms with Gasteiger partial charge in [-0.05, 0) is 48.9 Å². The van der Waals surface area contributed by atoms with Crippen molar-refractivity contribution in [3.05, 3.63) is 58.6 Å². The highest BCUT2D eigenvalue weighted by molar-refractivity contribution is 9.10. The molecule has 0 fully saturated rings. The molecule has 0 spiro atoms. The highest BCUT2D eigenvalue weighted by Crippen LogP contribution is 2.22. The molecule has 2 rings (SSSR count). The van der Waals surface area contributed by atoms with Crippen LogP contribution in [0, 0.1) is 11.3 Å². The van der Waals surface area contributed by atoms with Gasteiger partial charge in [0.2, 0.25) is 0 Å². The van der Waals surface area contributed by atoms with Crippen molar-refractivity contribution >= 4 is 21.6 Å². The summed E-state index contributed by atoms with van der Waals surface area (Å²) >= 11 is 3.39. The molecule has 102 valence electrons. The smallest absolute Gasteiger partial charge is 0.140 e. The zero-order valence-corrected chi connectivity index (χ0v) is 12.7. The van der Waals surface area contributed by atoms with E-state index in [0.29, 0.717) is 6.61 Å². The molecule has 0 saturated heterocycles. The third-order valence-electron chi connectivity index (χ3n) is 2.81. The van der Waals surface area contributed by atoms with E-state index in [2.05, 4.69) is 27.3 Å². The topological polar surface area (TPSA) is 45.0 Å². The van der Waals surface area contributed by atoms with Crippen LogP contribution < -0.4 is 10.1 Å². The number of hydrogen-bond acceptors (Lipinski definition) is 3. The van der Waals surface area contributed by atoms with Gasteiger partial charge in [0.15, 0.2) is 0 Å². The molecule has 1 N–H and O–H groups in total. The van der Waals surface area contributed by atoms with Crippen molar-refractivity contribution in [1.82, 2.24) is 0 Å². The molecule has 0 aliphatic heterocycles. The van der Waals surface area contributed by atoms with E-state index >= 15 is 0 Å². The first-order valence-electron chi connectivity index (χ1n) is 6.37. The molecule has 0 aliphatic carbocycles. The van der Waals surface area contributed by atoms with E-state index in [1.165, 1.54) is 0 Å². The monoisotopic (exact) mass is 330 g/mol. The third-order valence-corrected chi connectivity index (χ3v) is 3.34. The van der Waals surface area contributed by atoms with Gasteiger partial charge in [-0.1, -0.05) is 28.1 Å². The number of nitrogens with zero attached hydrogens (tertiary/aromatic N) is 1. The van der Waals surface area contributed by atoms with Gasteiger partial charge in [-0.25, -0.2) is 0 Å². The van der Waals surface area contributed by atoms with Crippen molar-refractivity contribution in [1.29, 1.82) is 5.26 Å². The summed E-state index contributed by atoms with van der Waals surface area (Å²) in [6.07, 6.45) is 0. The Labute approximate surface area is 127 Å². The lowest BCUT2D eigenvalue weighted by Gasteiger charge is -2.14. The summed E-state index contributed by atoms with van der Waals surface area (Å²) in [7, 11) is 0. The van der Waals surface area contributed by atoms with Gasteiger partial charge in [-0.15, -0.1) is 0 Å². The van der Waals surface area contributed by atoms with Crippen LogP contribution in [0.15, 0.2) is 53.0 Å². The molecule has 0 aromatic heterocycles. The Kier molecular flexibility index (Phi) is 5.03. The molecule has 4 heteroatoms. The summed E-state index contributed by atoms with van der Waals surface area (Å²) in [5.41, 5.74) is 1.83. The molecule has 2 aromatic rings. The number of ether oxygens (including phenoxy) is 1. The average molecular weight is 331 g/mol. The molecule has 0 saturated carbocycles. The first-order valence-corrected chi connectivity index (χ1v) is 7.16. The molecule has 0 bridgehead atoms. The van der Waals surface area contributed by atoms with Gasteiger partial charge < -0.3 is 10.1 Å². The fourth-order valence-electron chi connectivity index (χ4n) is 1.83. The average Bonchev–Trinajstić information content (AvgIpc) is 2.48. The Morgan fingerprint density at radius 3 is 2.35 bits per heavy atom. The molecule has 0 radical (unpaired) electrons. The first kappa shape index (κ1) is 14.4. The van der Waals surface area contributed by atoms with E-state index < -0.39 is 0 Å². The minimum Gasteiger partial charge on any atom is -0.494 e. The predicted molar refractivity (Wildman–Crippen MR) is 83.7 cm³/mol. The van der Waals surface area contributed by atoms with Gasteiger partial charge in [0.05, 0.1) is 12.7 Å². The summed E-state index contributed by atoms with van der Waals surface area (Å²) in [5, 5.41) is 12.5. The third kappa shape index (κ3) is 3.75. The van der Waals surface area contributed by atoms with E-state index in [-0.39, 0.29) is 6.04 Å². The summed E-state index contributed by atoms with van der Waals surface area (Å²) in [4.78, 5) is 0. The Morgan fingerprint density at radius 1 is 1.15 bits per heavy atom. The Hall–Kier alpha value is -1.99. The Morgan fingerprint density at radius 2 is 1.80 bits per heavy atom. The number of anilines is 1. The van der Waals surface area contributed by atoms with Crippen LogP contribution in [-0.2, 0) is 0 Å². The standard InChI is InChI=1S/C16H15BrN2O/c1-2-20-15-9-3-12(4-10-15)16(11-18)19-14-7-5-13(17)6-8-14/h3-10,16,19H,2H2,1H3. The highest BCUT2D eigenvalue weighted by Gasteiger charge is 2.10. The van der Waals surface area contributed by atoms with E-state index in [1.54, 1.807) is 0 Å². The fourth-order valence-corrected chi connectivity index (χ4v) is 2.09. The molecule has 2 aromatic carbocycles. The maximum atomic E-state index is 9.32. The normalized spacial score (nSPS) is 11.4. The predicted octanol–water partition coefficient (Wildman–Crippen LogP) is 4.52. The fraction of sp³-hybridized carbons (Fsp3) is 0.188. The second-order valence-corrected chi connectivity index (χ2v) is 5.13. The minimum absolute atomic E-state index is 0.383. The van der Waals surface area contributed by atoms with Crippen LogP contribution in [0.3, 0.4) is 0 Å². The van der Waals surface area contributed by atoms with Gasteiger partial charge in [0.1, 0.15) is 11.8 Å². The quantitative estimate of drug-likeness (QED) is 0.876. The lowest BCUT2D eigenvalue weighted by molar-refractivity contribution is 0.340. The van der Waals surface area contributed by atoms with Crippen molar-refractivity contribution in [3.8, 4) is 11.8 Å². The number of benzene rings is 2. The number of hydrogen-bond donors (Lipinski definition) is 1. The van der Waals surface area contributed by atoms with Crippen LogP contribution in [0.4, 0.5) is 5.69 Å². The van der Waals surface area contributed by atoms with Crippen LogP contribution in [-0.4, -0.2) is 6.61 Å². The van der Waals surface area contributed by atoms with Crippen molar-refractivity contribution in [2.75, 3.05) is 11.9 Å². The number of nitriles is 1. The van der Waals surface area contributed by atoms with Gasteiger partial charge in [0.25, 0.3) is 0 Å². The number of halogens is 1. The Bertz CT molecular complexity index is 587. The maximum absolute atomic E-state index is 9.32. The second-order valence-electron chi connectivity index (χ2n) is 4.22. The zero-order chi connectivity index (χ0) is 14.4. The molecule has 1 unspecified atom stereocenters. The molecular weight excluding hydrogens is 316 g/mol. The van der Waals surface area contributed by atoms with Gasteiger partial charge in [-0.2, -0.15) is 5.26 Å². The van der Waals surface area contributed by atoms with E-state index in [1.807, 2.05) is 55.5 Å². The molecule has 3 nitrogen and oxygen atoms in total. The van der Waals surface area contributed by atoms with Gasteiger partial charge in [-0.3, -0.25) is 0 Å². The van der Waals surface area contributed by atoms with Crippen LogP contribution in [0.25, 0.3) is 0 Å². The van der Waals surface area contributed by atoms with Crippen molar-refractivity contribution in [3.63, 3.8) is 0 Å². The zero-order valence-electron chi connectivity index (χ0n) is 11.1. The van der Waals surface area contributed by atoms with Crippen LogP contribution in [0.1, 0.15) is 18.5 Å². The van der Waals surface area contributed by atoms with Crippen LogP contribution >= 0.6 is 15.9 Å². The highest BCUT2D eigenvalue weighted by atomic mass is 79.9. The summed E-state index contributed by atoms with van der Waals surface area (Å²) in [6.45, 7) is 2.58. The Balaban J connectivity index is 2.11. The number of nitrogens with one attached hydrogen (secondary N) is 1. The van der Waals surface area contributed by atoms with E-state index in [4.69, 9.17) is 4.74 Å². The lowest BCUT2D eigenvalue weighted by atomic mass is 10.1. The van der Waals surface area contributed by atoms with Gasteiger partial charge in [0, 0.05) is 10.2 Å². The molecule has 0 heterocycles. The van der Waals surface area contributed by atoms with Crippen molar-refractivity contribution in [2.45, 2.75) is 13.0 Å². The van der Waals surface area contributed by atoms with Crippen LogP contribution in [0.5, 0.6) is 5.75 Å². The molecule has 0 amide bonds. The van der Waals surface area contributed by atoms with Gasteiger partial charge >= 0.3 is 0 Å². The summed E-state index contributed by atoms with van der Waals surface area (Å²) in [6, 6.07) is 17.2. The summed E-state index contributed by atoms with van der Waals surface area (Å²) < 4.78 is 6.41. The van der Waals surface area contributed by atoms with E-state index in [0.717, 1.165) is 21.5 Å². The SMILES string of the molecule is CCOc1ccc(C(C#N)Nc2ccc(Br)cc2)cc1. The van der Waals surface area contributed by atoms with Crippen molar-refractivity contribution in [2.24, 2.45) is 0 Å². The minimum atomic E-state index is -0.383. The van der Waals surface area contributed by atoms with Crippen LogP contribution in [0.2, 0.25) is 0 Å². The van der Waals surface area contributed by atoms with Crippen molar-refractivity contribution < 1.29 is 4.74 Å². The molecule has 20 heavy (non-hydrogen) atoms. The summed E-state index contributed by atoms with van der Waals surface area (Å²) in [5.74, 6) is 0.816. The van der Waals surface area contributed by atoms with E-state index in [9.17, 15) is 5.26 Å².